The van der Waals surface area contributed by atoms with Gasteiger partial charge in [-0.15, -0.1) is 0 Å². The van der Waals surface area contributed by atoms with Crippen LogP contribution >= 0.6 is 15.9 Å². The van der Waals surface area contributed by atoms with E-state index in [4.69, 9.17) is 5.11 Å². The van der Waals surface area contributed by atoms with Gasteiger partial charge in [0.1, 0.15) is 11.5 Å². The van der Waals surface area contributed by atoms with Crippen LogP contribution in [0.25, 0.3) is 0 Å². The molecule has 0 aliphatic carbocycles. The molecule has 0 aromatic heterocycles. The van der Waals surface area contributed by atoms with Crippen molar-refractivity contribution in [2.75, 3.05) is 18.5 Å². The Morgan fingerprint density at radius 1 is 1.30 bits per heavy atom. The van der Waals surface area contributed by atoms with Crippen LogP contribution in [0.15, 0.2) is 28.4 Å². The van der Waals surface area contributed by atoms with Crippen molar-refractivity contribution in [2.45, 2.75) is 26.2 Å². The molecule has 1 aromatic rings. The maximum atomic E-state index is 14.4. The lowest BCUT2D eigenvalue weighted by Crippen LogP contribution is -2.34. The summed E-state index contributed by atoms with van der Waals surface area (Å²) < 4.78 is 14.9. The van der Waals surface area contributed by atoms with E-state index in [2.05, 4.69) is 21.2 Å². The third kappa shape index (κ3) is 3.61. The predicted octanol–water partition coefficient (Wildman–Crippen LogP) is 2.54. The predicted molar refractivity (Wildman–Crippen MR) is 88.3 cm³/mol. The standard InChI is InChI=1S/C16H18BrFN2O3/c1-16(2,3)9-6-10(17)14(11(18)7-9)19-12-8-13(22)20(4-5-21)15(12)23/h6-8,19,21H,4-5H2,1-3H3. The van der Waals surface area contributed by atoms with E-state index < -0.39 is 17.6 Å². The Morgan fingerprint density at radius 2 is 1.96 bits per heavy atom. The summed E-state index contributed by atoms with van der Waals surface area (Å²) in [5.74, 6) is -1.64. The van der Waals surface area contributed by atoms with Gasteiger partial charge in [-0.05, 0) is 39.0 Å². The van der Waals surface area contributed by atoms with Gasteiger partial charge in [0.15, 0.2) is 0 Å². The molecule has 0 fully saturated rings. The summed E-state index contributed by atoms with van der Waals surface area (Å²) in [6.45, 7) is 5.49. The molecule has 1 aliphatic rings. The van der Waals surface area contributed by atoms with Crippen molar-refractivity contribution < 1.29 is 19.1 Å². The molecule has 0 radical (unpaired) electrons. The maximum Gasteiger partial charge on any atom is 0.277 e. The first-order chi connectivity index (χ1) is 10.6. The normalized spacial score (nSPS) is 15.2. The van der Waals surface area contributed by atoms with Gasteiger partial charge >= 0.3 is 0 Å². The molecule has 1 aromatic carbocycles. The molecular weight excluding hydrogens is 367 g/mol. The molecule has 7 heteroatoms. The Balaban J connectivity index is 2.30. The van der Waals surface area contributed by atoms with Gasteiger partial charge in [0.05, 0.1) is 18.8 Å². The Bertz CT molecular complexity index is 672. The lowest BCUT2D eigenvalue weighted by atomic mass is 9.87. The van der Waals surface area contributed by atoms with Crippen LogP contribution < -0.4 is 5.32 Å². The fourth-order valence-corrected chi connectivity index (χ4v) is 2.71. The van der Waals surface area contributed by atoms with E-state index in [1.54, 1.807) is 6.07 Å². The maximum absolute atomic E-state index is 14.4. The van der Waals surface area contributed by atoms with E-state index in [0.29, 0.717) is 4.47 Å². The molecular formula is C16H18BrFN2O3. The lowest BCUT2D eigenvalue weighted by molar-refractivity contribution is -0.137. The van der Waals surface area contributed by atoms with Crippen molar-refractivity contribution in [3.05, 3.63) is 39.8 Å². The first-order valence-corrected chi connectivity index (χ1v) is 7.89. The van der Waals surface area contributed by atoms with Gasteiger partial charge in [0.25, 0.3) is 11.8 Å². The molecule has 0 saturated heterocycles. The molecule has 0 unspecified atom stereocenters. The number of hydrogen-bond donors (Lipinski definition) is 2. The number of hydrogen-bond acceptors (Lipinski definition) is 4. The van der Waals surface area contributed by atoms with Crippen molar-refractivity contribution in [1.29, 1.82) is 0 Å². The van der Waals surface area contributed by atoms with Crippen molar-refractivity contribution in [1.82, 2.24) is 4.90 Å². The number of imide groups is 1. The van der Waals surface area contributed by atoms with Crippen LogP contribution in [0.4, 0.5) is 10.1 Å². The molecule has 1 heterocycles. The number of halogens is 2. The van der Waals surface area contributed by atoms with E-state index >= 15 is 0 Å². The van der Waals surface area contributed by atoms with E-state index in [-0.39, 0.29) is 30.0 Å². The summed E-state index contributed by atoms with van der Waals surface area (Å²) >= 11 is 3.30. The zero-order valence-corrected chi connectivity index (χ0v) is 14.7. The Kier molecular flexibility index (Phi) is 4.91. The van der Waals surface area contributed by atoms with Crippen LogP contribution in [0, 0.1) is 5.82 Å². The molecule has 2 amide bonds. The number of carbonyl (C=O) groups is 2. The van der Waals surface area contributed by atoms with Crippen LogP contribution in [-0.4, -0.2) is 35.0 Å². The Labute approximate surface area is 142 Å². The monoisotopic (exact) mass is 384 g/mol. The number of aliphatic hydroxyl groups is 1. The molecule has 5 nitrogen and oxygen atoms in total. The molecule has 0 bridgehead atoms. The average molecular weight is 385 g/mol. The first-order valence-electron chi connectivity index (χ1n) is 7.10. The van der Waals surface area contributed by atoms with Crippen LogP contribution in [0.2, 0.25) is 0 Å². The molecule has 23 heavy (non-hydrogen) atoms. The fourth-order valence-electron chi connectivity index (χ4n) is 2.17. The Morgan fingerprint density at radius 3 is 2.48 bits per heavy atom. The van der Waals surface area contributed by atoms with Gasteiger partial charge in [-0.25, -0.2) is 4.39 Å². The van der Waals surface area contributed by atoms with Crippen LogP contribution in [0.3, 0.4) is 0 Å². The van der Waals surface area contributed by atoms with Crippen LogP contribution in [0.1, 0.15) is 26.3 Å². The minimum atomic E-state index is -0.588. The van der Waals surface area contributed by atoms with Crippen LogP contribution in [-0.2, 0) is 15.0 Å². The smallest absolute Gasteiger partial charge is 0.277 e. The molecule has 0 saturated carbocycles. The number of β-amino-alcohol motifs (C(OH)–C–C–N with tert-alkyl or cyclic N) is 1. The quantitative estimate of drug-likeness (QED) is 0.782. The highest BCUT2D eigenvalue weighted by Crippen LogP contribution is 2.33. The SMILES string of the molecule is CC(C)(C)c1cc(F)c(NC2=CC(=O)N(CCO)C2=O)c(Br)c1. The highest BCUT2D eigenvalue weighted by Gasteiger charge is 2.31. The molecule has 1 aliphatic heterocycles. The van der Waals surface area contributed by atoms with Gasteiger partial charge in [0.2, 0.25) is 0 Å². The highest BCUT2D eigenvalue weighted by atomic mass is 79.9. The number of aliphatic hydroxyl groups excluding tert-OH is 1. The van der Waals surface area contributed by atoms with E-state index in [1.807, 2.05) is 20.8 Å². The van der Waals surface area contributed by atoms with E-state index in [0.717, 1.165) is 16.5 Å². The zero-order valence-electron chi connectivity index (χ0n) is 13.1. The first kappa shape index (κ1) is 17.6. The topological polar surface area (TPSA) is 69.6 Å². The third-order valence-corrected chi connectivity index (χ3v) is 4.13. The van der Waals surface area contributed by atoms with Gasteiger partial charge in [-0.1, -0.05) is 20.8 Å². The second kappa shape index (κ2) is 6.41. The van der Waals surface area contributed by atoms with E-state index in [1.165, 1.54) is 6.07 Å². The minimum Gasteiger partial charge on any atom is -0.395 e. The summed E-state index contributed by atoms with van der Waals surface area (Å²) in [6.07, 6.45) is 1.10. The number of carbonyl (C=O) groups excluding carboxylic acids is 2. The third-order valence-electron chi connectivity index (χ3n) is 3.50. The summed E-state index contributed by atoms with van der Waals surface area (Å²) in [7, 11) is 0. The van der Waals surface area contributed by atoms with Crippen molar-refractivity contribution in [3.8, 4) is 0 Å². The zero-order chi connectivity index (χ0) is 17.4. The van der Waals surface area contributed by atoms with E-state index in [9.17, 15) is 14.0 Å². The largest absolute Gasteiger partial charge is 0.395 e. The highest BCUT2D eigenvalue weighted by molar-refractivity contribution is 9.10. The summed E-state index contributed by atoms with van der Waals surface area (Å²) in [4.78, 5) is 24.7. The average Bonchev–Trinajstić information content (AvgIpc) is 2.69. The second-order valence-corrected chi connectivity index (χ2v) is 7.12. The number of nitrogens with one attached hydrogen (secondary N) is 1. The number of benzene rings is 1. The number of anilines is 1. The van der Waals surface area contributed by atoms with Crippen molar-refractivity contribution >= 4 is 33.4 Å². The van der Waals surface area contributed by atoms with Crippen molar-refractivity contribution in [3.63, 3.8) is 0 Å². The van der Waals surface area contributed by atoms with Crippen molar-refractivity contribution in [2.24, 2.45) is 0 Å². The van der Waals surface area contributed by atoms with Gasteiger partial charge in [-0.2, -0.15) is 0 Å². The number of nitrogens with zero attached hydrogens (tertiary/aromatic N) is 1. The van der Waals surface area contributed by atoms with Gasteiger partial charge in [0, 0.05) is 10.5 Å². The minimum absolute atomic E-state index is 0.0217. The molecule has 0 atom stereocenters. The second-order valence-electron chi connectivity index (χ2n) is 6.27. The van der Waals surface area contributed by atoms with Gasteiger partial charge < -0.3 is 10.4 Å². The molecule has 2 N–H and O–H groups in total. The number of rotatable bonds is 4. The van der Waals surface area contributed by atoms with Crippen LogP contribution in [0.5, 0.6) is 0 Å². The fraction of sp³-hybridized carbons (Fsp3) is 0.375. The molecule has 124 valence electrons. The summed E-state index contributed by atoms with van der Waals surface area (Å²) in [5, 5.41) is 11.5. The summed E-state index contributed by atoms with van der Waals surface area (Å²) in [5.41, 5.74) is 0.651. The van der Waals surface area contributed by atoms with Gasteiger partial charge in [-0.3, -0.25) is 14.5 Å². The molecule has 0 spiro atoms. The molecule has 2 rings (SSSR count). The Hall–Kier alpha value is -1.73. The summed E-state index contributed by atoms with van der Waals surface area (Å²) in [6, 6.07) is 3.18. The number of amides is 2. The lowest BCUT2D eigenvalue weighted by Gasteiger charge is -2.21.